The van der Waals surface area contributed by atoms with Crippen LogP contribution in [0.3, 0.4) is 0 Å². The molecule has 2 heterocycles. The molecular weight excluding hydrogens is 360 g/mol. The Kier molecular flexibility index (Phi) is 5.81. The predicted molar refractivity (Wildman–Crippen MR) is 105 cm³/mol. The molecule has 0 bridgehead atoms. The number of Topliss-reactive ketones (excluding diaryl/α,β-unsaturated/α-hetero) is 1. The molecule has 0 aliphatic carbocycles. The van der Waals surface area contributed by atoms with E-state index in [2.05, 4.69) is 15.4 Å². The Balaban J connectivity index is 1.53. The molecule has 0 saturated carbocycles. The summed E-state index contributed by atoms with van der Waals surface area (Å²) >= 11 is 1.61. The number of aromatic nitrogens is 3. The van der Waals surface area contributed by atoms with Gasteiger partial charge in [-0.2, -0.15) is 5.10 Å². The van der Waals surface area contributed by atoms with Crippen LogP contribution in [0.5, 0.6) is 0 Å². The molecule has 1 N–H and O–H groups in total. The lowest BCUT2D eigenvalue weighted by molar-refractivity contribution is -0.121. The summed E-state index contributed by atoms with van der Waals surface area (Å²) in [7, 11) is 0. The van der Waals surface area contributed by atoms with Crippen LogP contribution < -0.4 is 5.32 Å². The van der Waals surface area contributed by atoms with Crippen LogP contribution in [0.4, 0.5) is 0 Å². The first-order chi connectivity index (χ1) is 12.9. The number of hydrogen-bond donors (Lipinski definition) is 1. The van der Waals surface area contributed by atoms with E-state index in [1.54, 1.807) is 22.3 Å². The third-order valence-electron chi connectivity index (χ3n) is 4.37. The van der Waals surface area contributed by atoms with Gasteiger partial charge in [0.15, 0.2) is 5.78 Å². The van der Waals surface area contributed by atoms with Crippen LogP contribution in [0.1, 0.15) is 51.5 Å². The minimum atomic E-state index is -0.137. The second-order valence-corrected chi connectivity index (χ2v) is 7.93. The molecule has 140 valence electrons. The highest BCUT2D eigenvalue weighted by atomic mass is 32.1. The van der Waals surface area contributed by atoms with Gasteiger partial charge in [0.05, 0.1) is 11.7 Å². The number of carbonyl (C=O) groups excluding carboxylic acids is 2. The van der Waals surface area contributed by atoms with E-state index in [1.165, 1.54) is 6.33 Å². The number of carbonyl (C=O) groups is 2. The molecule has 0 radical (unpaired) electrons. The van der Waals surface area contributed by atoms with Crippen molar-refractivity contribution in [2.45, 2.75) is 39.7 Å². The first kappa shape index (κ1) is 19.0. The maximum atomic E-state index is 12.3. The van der Waals surface area contributed by atoms with Crippen LogP contribution in [-0.4, -0.2) is 26.5 Å². The van der Waals surface area contributed by atoms with Crippen LogP contribution in [0.15, 0.2) is 43.0 Å². The highest BCUT2D eigenvalue weighted by Gasteiger charge is 2.15. The molecule has 3 rings (SSSR count). The van der Waals surface area contributed by atoms with Gasteiger partial charge < -0.3 is 5.32 Å². The van der Waals surface area contributed by atoms with Gasteiger partial charge in [-0.25, -0.2) is 9.67 Å². The van der Waals surface area contributed by atoms with Gasteiger partial charge in [0, 0.05) is 28.2 Å². The minimum Gasteiger partial charge on any atom is -0.350 e. The first-order valence-electron chi connectivity index (χ1n) is 8.78. The van der Waals surface area contributed by atoms with E-state index < -0.39 is 0 Å². The third-order valence-corrected chi connectivity index (χ3v) is 5.34. The highest BCUT2D eigenvalue weighted by molar-refractivity contribution is 7.12. The Morgan fingerprint density at radius 1 is 1.19 bits per heavy atom. The molecule has 2 aromatic heterocycles. The summed E-state index contributed by atoms with van der Waals surface area (Å²) in [6.45, 7) is 5.85. The summed E-state index contributed by atoms with van der Waals surface area (Å²) in [6, 6.07) is 9.52. The summed E-state index contributed by atoms with van der Waals surface area (Å²) in [5.41, 5.74) is 2.63. The summed E-state index contributed by atoms with van der Waals surface area (Å²) < 4.78 is 1.67. The van der Waals surface area contributed by atoms with Crippen molar-refractivity contribution in [1.29, 1.82) is 0 Å². The fraction of sp³-hybridized carbons (Fsp3) is 0.300. The zero-order chi connectivity index (χ0) is 19.4. The van der Waals surface area contributed by atoms with E-state index >= 15 is 0 Å². The van der Waals surface area contributed by atoms with Crippen LogP contribution >= 0.6 is 11.3 Å². The standard InChI is InChI=1S/C20H22N4O2S/c1-13-10-18(15(3)27-13)19(25)8-9-20(26)23-14(2)16-4-6-17(7-5-16)24-12-21-11-22-24/h4-7,10-12,14H,8-9H2,1-3H3,(H,23,26). The number of nitrogens with zero attached hydrogens (tertiary/aromatic N) is 3. The molecule has 27 heavy (non-hydrogen) atoms. The molecule has 0 fully saturated rings. The molecule has 1 atom stereocenters. The summed E-state index contributed by atoms with van der Waals surface area (Å²) in [6.07, 6.45) is 3.53. The van der Waals surface area contributed by atoms with Gasteiger partial charge in [-0.3, -0.25) is 9.59 Å². The Morgan fingerprint density at radius 3 is 2.52 bits per heavy atom. The van der Waals surface area contributed by atoms with Gasteiger partial charge in [-0.15, -0.1) is 11.3 Å². The Labute approximate surface area is 162 Å². The minimum absolute atomic E-state index is 0.0249. The number of benzene rings is 1. The molecule has 0 aliphatic heterocycles. The molecule has 0 saturated heterocycles. The molecule has 3 aromatic rings. The van der Waals surface area contributed by atoms with Crippen LogP contribution in [-0.2, 0) is 4.79 Å². The van der Waals surface area contributed by atoms with E-state index in [1.807, 2.05) is 51.1 Å². The van der Waals surface area contributed by atoms with Crippen molar-refractivity contribution >= 4 is 23.0 Å². The molecular formula is C20H22N4O2S. The van der Waals surface area contributed by atoms with Crippen molar-refractivity contribution in [1.82, 2.24) is 20.1 Å². The van der Waals surface area contributed by atoms with Gasteiger partial charge in [0.25, 0.3) is 0 Å². The summed E-state index contributed by atoms with van der Waals surface area (Å²) in [5.74, 6) is -0.0994. The van der Waals surface area contributed by atoms with Crippen LogP contribution in [0.2, 0.25) is 0 Å². The lowest BCUT2D eigenvalue weighted by Gasteiger charge is -2.15. The molecule has 0 spiro atoms. The summed E-state index contributed by atoms with van der Waals surface area (Å²) in [4.78, 5) is 30.6. The van der Waals surface area contributed by atoms with E-state index in [0.29, 0.717) is 0 Å². The largest absolute Gasteiger partial charge is 0.350 e. The van der Waals surface area contributed by atoms with Gasteiger partial charge in [0.1, 0.15) is 12.7 Å². The first-order valence-corrected chi connectivity index (χ1v) is 9.60. The number of nitrogens with one attached hydrogen (secondary N) is 1. The molecule has 6 nitrogen and oxygen atoms in total. The average Bonchev–Trinajstić information content (AvgIpc) is 3.29. The number of hydrogen-bond acceptors (Lipinski definition) is 5. The SMILES string of the molecule is Cc1cc(C(=O)CCC(=O)NC(C)c2ccc(-n3cncn3)cc2)c(C)s1. The number of ketones is 1. The molecule has 1 unspecified atom stereocenters. The van der Waals surface area contributed by atoms with E-state index in [9.17, 15) is 9.59 Å². The number of amides is 1. The Bertz CT molecular complexity index is 930. The lowest BCUT2D eigenvalue weighted by atomic mass is 10.1. The van der Waals surface area contributed by atoms with Crippen LogP contribution in [0, 0.1) is 13.8 Å². The van der Waals surface area contributed by atoms with Crippen molar-refractivity contribution in [2.75, 3.05) is 0 Å². The lowest BCUT2D eigenvalue weighted by Crippen LogP contribution is -2.27. The van der Waals surface area contributed by atoms with Crippen molar-refractivity contribution < 1.29 is 9.59 Å². The smallest absolute Gasteiger partial charge is 0.220 e. The zero-order valence-corrected chi connectivity index (χ0v) is 16.4. The number of aryl methyl sites for hydroxylation is 2. The maximum absolute atomic E-state index is 12.3. The number of thiophene rings is 1. The fourth-order valence-electron chi connectivity index (χ4n) is 2.92. The maximum Gasteiger partial charge on any atom is 0.220 e. The van der Waals surface area contributed by atoms with Crippen LogP contribution in [0.25, 0.3) is 5.69 Å². The Morgan fingerprint density at radius 2 is 1.93 bits per heavy atom. The van der Waals surface area contributed by atoms with Crippen molar-refractivity contribution in [3.63, 3.8) is 0 Å². The number of rotatable bonds is 7. The Hall–Kier alpha value is -2.80. The molecule has 7 heteroatoms. The van der Waals surface area contributed by atoms with Gasteiger partial charge in [-0.1, -0.05) is 12.1 Å². The topological polar surface area (TPSA) is 76.9 Å². The van der Waals surface area contributed by atoms with Gasteiger partial charge in [0.2, 0.25) is 5.91 Å². The normalized spacial score (nSPS) is 12.0. The van der Waals surface area contributed by atoms with Gasteiger partial charge >= 0.3 is 0 Å². The van der Waals surface area contributed by atoms with Gasteiger partial charge in [-0.05, 0) is 44.5 Å². The van der Waals surface area contributed by atoms with Crippen molar-refractivity contribution in [2.24, 2.45) is 0 Å². The summed E-state index contributed by atoms with van der Waals surface area (Å²) in [5, 5.41) is 7.04. The predicted octanol–water partition coefficient (Wildman–Crippen LogP) is 3.79. The van der Waals surface area contributed by atoms with E-state index in [-0.39, 0.29) is 30.6 Å². The van der Waals surface area contributed by atoms with Crippen molar-refractivity contribution in [3.8, 4) is 5.69 Å². The van der Waals surface area contributed by atoms with E-state index in [0.717, 1.165) is 26.6 Å². The third kappa shape index (κ3) is 4.68. The van der Waals surface area contributed by atoms with Crippen molar-refractivity contribution in [3.05, 3.63) is 63.9 Å². The quantitative estimate of drug-likeness (QED) is 0.631. The molecule has 0 aliphatic rings. The molecule has 1 amide bonds. The fourth-order valence-corrected chi connectivity index (χ4v) is 3.87. The highest BCUT2D eigenvalue weighted by Crippen LogP contribution is 2.22. The average molecular weight is 382 g/mol. The molecule has 1 aromatic carbocycles. The van der Waals surface area contributed by atoms with E-state index in [4.69, 9.17) is 0 Å². The zero-order valence-electron chi connectivity index (χ0n) is 15.6. The second-order valence-electron chi connectivity index (χ2n) is 6.47. The monoisotopic (exact) mass is 382 g/mol. The second kappa shape index (κ2) is 8.26.